The summed E-state index contributed by atoms with van der Waals surface area (Å²) in [6, 6.07) is 1.53. The fourth-order valence-corrected chi connectivity index (χ4v) is 2.30. The van der Waals surface area contributed by atoms with Crippen LogP contribution in [0.25, 0.3) is 0 Å². The average molecular weight is 356 g/mol. The van der Waals surface area contributed by atoms with Gasteiger partial charge >= 0.3 is 0 Å². The Morgan fingerprint density at radius 1 is 1.52 bits per heavy atom. The van der Waals surface area contributed by atoms with Gasteiger partial charge in [-0.25, -0.2) is 10.8 Å². The van der Waals surface area contributed by atoms with Crippen LogP contribution in [0.1, 0.15) is 24.2 Å². The van der Waals surface area contributed by atoms with Crippen molar-refractivity contribution < 1.29 is 14.4 Å². The van der Waals surface area contributed by atoms with Crippen LogP contribution in [0.15, 0.2) is 16.7 Å². The van der Waals surface area contributed by atoms with E-state index >= 15 is 0 Å². The molecule has 2 rings (SSSR count). The van der Waals surface area contributed by atoms with Crippen LogP contribution in [0.3, 0.4) is 0 Å². The standard InChI is InChI=1S/C12H14BrN5O3/c1-12(2)11(21)16-8(19)5-18(12)10(20)7-3-6(13)4-15-9(7)17-14/h3-4H,5,14H2,1-2H3,(H,15,17)(H,16,19,21). The van der Waals surface area contributed by atoms with Gasteiger partial charge in [0.1, 0.15) is 12.1 Å². The third-order valence-electron chi connectivity index (χ3n) is 3.25. The van der Waals surface area contributed by atoms with E-state index in [1.54, 1.807) is 13.8 Å². The van der Waals surface area contributed by atoms with Gasteiger partial charge in [-0.2, -0.15) is 0 Å². The lowest BCUT2D eigenvalue weighted by atomic mass is 9.97. The van der Waals surface area contributed by atoms with Crippen LogP contribution >= 0.6 is 15.9 Å². The summed E-state index contributed by atoms with van der Waals surface area (Å²) in [6.07, 6.45) is 1.48. The molecule has 0 unspecified atom stereocenters. The predicted octanol–water partition coefficient (Wildman–Crippen LogP) is 0.00690. The van der Waals surface area contributed by atoms with Crippen molar-refractivity contribution in [2.45, 2.75) is 19.4 Å². The van der Waals surface area contributed by atoms with Gasteiger partial charge in [-0.15, -0.1) is 0 Å². The molecule has 9 heteroatoms. The zero-order valence-corrected chi connectivity index (χ0v) is 13.0. The molecule has 4 N–H and O–H groups in total. The molecule has 1 aromatic rings. The molecule has 0 aliphatic carbocycles. The maximum atomic E-state index is 12.7. The van der Waals surface area contributed by atoms with Gasteiger partial charge in [0.05, 0.1) is 5.56 Å². The van der Waals surface area contributed by atoms with Crippen LogP contribution in [0, 0.1) is 0 Å². The molecular formula is C12H14BrN5O3. The summed E-state index contributed by atoms with van der Waals surface area (Å²) < 4.78 is 0.579. The summed E-state index contributed by atoms with van der Waals surface area (Å²) in [5.74, 6) is 3.94. The first kappa shape index (κ1) is 15.4. The number of nitrogens with one attached hydrogen (secondary N) is 2. The minimum absolute atomic E-state index is 0.164. The van der Waals surface area contributed by atoms with Gasteiger partial charge in [-0.05, 0) is 35.8 Å². The smallest absolute Gasteiger partial charge is 0.259 e. The van der Waals surface area contributed by atoms with Crippen molar-refractivity contribution in [2.75, 3.05) is 12.0 Å². The molecule has 0 atom stereocenters. The third kappa shape index (κ3) is 2.74. The molecule has 0 spiro atoms. The Kier molecular flexibility index (Phi) is 3.97. The molecule has 3 amide bonds. The predicted molar refractivity (Wildman–Crippen MR) is 78.0 cm³/mol. The summed E-state index contributed by atoms with van der Waals surface area (Å²) >= 11 is 3.22. The van der Waals surface area contributed by atoms with E-state index in [2.05, 4.69) is 31.7 Å². The number of nitrogens with zero attached hydrogens (tertiary/aromatic N) is 2. The molecule has 1 fully saturated rings. The van der Waals surface area contributed by atoms with Crippen molar-refractivity contribution in [3.63, 3.8) is 0 Å². The Morgan fingerprint density at radius 3 is 2.81 bits per heavy atom. The largest absolute Gasteiger partial charge is 0.315 e. The van der Waals surface area contributed by atoms with Crippen molar-refractivity contribution in [1.29, 1.82) is 0 Å². The number of anilines is 1. The second-order valence-electron chi connectivity index (χ2n) is 5.02. The van der Waals surface area contributed by atoms with E-state index in [0.29, 0.717) is 4.47 Å². The van der Waals surface area contributed by atoms with E-state index < -0.39 is 23.3 Å². The number of carbonyl (C=O) groups is 3. The van der Waals surface area contributed by atoms with Crippen molar-refractivity contribution >= 4 is 39.5 Å². The number of carbonyl (C=O) groups excluding carboxylic acids is 3. The number of halogens is 1. The Hall–Kier alpha value is -2.00. The number of nitrogens with two attached hydrogens (primary N) is 1. The molecule has 1 saturated heterocycles. The Balaban J connectivity index is 2.45. The topological polar surface area (TPSA) is 117 Å². The molecule has 8 nitrogen and oxygen atoms in total. The van der Waals surface area contributed by atoms with E-state index in [4.69, 9.17) is 5.84 Å². The molecule has 0 bridgehead atoms. The zero-order chi connectivity index (χ0) is 15.8. The van der Waals surface area contributed by atoms with Crippen molar-refractivity contribution in [2.24, 2.45) is 5.84 Å². The van der Waals surface area contributed by atoms with Gasteiger partial charge in [0.15, 0.2) is 5.82 Å². The first-order valence-electron chi connectivity index (χ1n) is 6.05. The van der Waals surface area contributed by atoms with E-state index in [0.717, 1.165) is 0 Å². The summed E-state index contributed by atoms with van der Waals surface area (Å²) in [5.41, 5.74) is 1.34. The lowest BCUT2D eigenvalue weighted by Gasteiger charge is -2.40. The lowest BCUT2D eigenvalue weighted by molar-refractivity contribution is -0.143. The molecule has 1 aromatic heterocycles. The first-order valence-corrected chi connectivity index (χ1v) is 6.85. The van der Waals surface area contributed by atoms with Crippen LogP contribution < -0.4 is 16.6 Å². The summed E-state index contributed by atoms with van der Waals surface area (Å²) in [6.45, 7) is 2.91. The second-order valence-corrected chi connectivity index (χ2v) is 5.94. The number of piperazine rings is 1. The normalized spacial score (nSPS) is 17.4. The van der Waals surface area contributed by atoms with E-state index in [9.17, 15) is 14.4 Å². The van der Waals surface area contributed by atoms with Crippen LogP contribution in [0.5, 0.6) is 0 Å². The molecule has 0 aromatic carbocycles. The highest BCUT2D eigenvalue weighted by molar-refractivity contribution is 9.10. The summed E-state index contributed by atoms with van der Waals surface area (Å²) in [5, 5.41) is 2.21. The van der Waals surface area contributed by atoms with Crippen LogP contribution in [-0.2, 0) is 9.59 Å². The van der Waals surface area contributed by atoms with E-state index in [1.807, 2.05) is 0 Å². The number of amides is 3. The first-order chi connectivity index (χ1) is 9.77. The number of nitrogen functional groups attached to an aromatic ring is 1. The Bertz CT molecular complexity index is 631. The average Bonchev–Trinajstić information content (AvgIpc) is 2.42. The number of rotatable bonds is 2. The molecule has 1 aliphatic heterocycles. The van der Waals surface area contributed by atoms with Gasteiger partial charge in [-0.1, -0.05) is 0 Å². The minimum Gasteiger partial charge on any atom is -0.315 e. The van der Waals surface area contributed by atoms with Gasteiger partial charge in [0.25, 0.3) is 11.8 Å². The lowest BCUT2D eigenvalue weighted by Crippen LogP contribution is -2.65. The monoisotopic (exact) mass is 355 g/mol. The highest BCUT2D eigenvalue weighted by atomic mass is 79.9. The minimum atomic E-state index is -1.15. The van der Waals surface area contributed by atoms with Crippen LogP contribution in [0.4, 0.5) is 5.82 Å². The van der Waals surface area contributed by atoms with E-state index in [1.165, 1.54) is 17.2 Å². The van der Waals surface area contributed by atoms with Gasteiger partial charge in [-0.3, -0.25) is 19.7 Å². The van der Waals surface area contributed by atoms with Crippen molar-refractivity contribution in [1.82, 2.24) is 15.2 Å². The number of hydrogen-bond acceptors (Lipinski definition) is 6. The maximum absolute atomic E-state index is 12.7. The van der Waals surface area contributed by atoms with E-state index in [-0.39, 0.29) is 17.9 Å². The Morgan fingerprint density at radius 2 is 2.19 bits per heavy atom. The molecule has 21 heavy (non-hydrogen) atoms. The molecular weight excluding hydrogens is 342 g/mol. The van der Waals surface area contributed by atoms with Gasteiger partial charge < -0.3 is 10.3 Å². The number of aromatic nitrogens is 1. The molecule has 2 heterocycles. The number of hydrogen-bond donors (Lipinski definition) is 3. The zero-order valence-electron chi connectivity index (χ0n) is 11.4. The number of pyridine rings is 1. The molecule has 0 radical (unpaired) electrons. The molecule has 0 saturated carbocycles. The highest BCUT2D eigenvalue weighted by Gasteiger charge is 2.44. The number of imide groups is 1. The van der Waals surface area contributed by atoms with Crippen LogP contribution in [-0.4, -0.2) is 39.7 Å². The SMILES string of the molecule is CC1(C)C(=O)NC(=O)CN1C(=O)c1cc(Br)cnc1NN. The van der Waals surface area contributed by atoms with Gasteiger partial charge in [0.2, 0.25) is 5.91 Å². The fraction of sp³-hybridized carbons (Fsp3) is 0.333. The third-order valence-corrected chi connectivity index (χ3v) is 3.69. The molecule has 112 valence electrons. The second kappa shape index (κ2) is 5.41. The summed E-state index contributed by atoms with van der Waals surface area (Å²) in [7, 11) is 0. The van der Waals surface area contributed by atoms with Crippen LogP contribution in [0.2, 0.25) is 0 Å². The van der Waals surface area contributed by atoms with Crippen molar-refractivity contribution in [3.05, 3.63) is 22.3 Å². The fourth-order valence-electron chi connectivity index (χ4n) is 1.97. The number of hydrazine groups is 1. The summed E-state index contributed by atoms with van der Waals surface area (Å²) in [4.78, 5) is 41.3. The quantitative estimate of drug-likeness (QED) is 0.390. The molecule has 1 aliphatic rings. The maximum Gasteiger partial charge on any atom is 0.259 e. The highest BCUT2D eigenvalue weighted by Crippen LogP contribution is 2.25. The Labute approximate surface area is 129 Å². The van der Waals surface area contributed by atoms with Gasteiger partial charge in [0, 0.05) is 10.7 Å². The van der Waals surface area contributed by atoms with Crippen molar-refractivity contribution in [3.8, 4) is 0 Å².